The summed E-state index contributed by atoms with van der Waals surface area (Å²) < 4.78 is 11.0. The summed E-state index contributed by atoms with van der Waals surface area (Å²) in [5, 5.41) is 10.5. The van der Waals surface area contributed by atoms with E-state index in [4.69, 9.17) is 9.15 Å². The zero-order valence-corrected chi connectivity index (χ0v) is 12.8. The van der Waals surface area contributed by atoms with Crippen molar-refractivity contribution in [1.82, 2.24) is 20.2 Å². The van der Waals surface area contributed by atoms with Gasteiger partial charge in [0.25, 0.3) is 5.22 Å². The van der Waals surface area contributed by atoms with E-state index >= 15 is 0 Å². The van der Waals surface area contributed by atoms with Crippen LogP contribution in [0.2, 0.25) is 0 Å². The lowest BCUT2D eigenvalue weighted by molar-refractivity contribution is 0.0475. The van der Waals surface area contributed by atoms with Crippen molar-refractivity contribution in [3.8, 4) is 0 Å². The molecule has 0 spiro atoms. The smallest absolute Gasteiger partial charge is 0.396 e. The van der Waals surface area contributed by atoms with Crippen LogP contribution in [0.4, 0.5) is 0 Å². The first kappa shape index (κ1) is 14.0. The van der Waals surface area contributed by atoms with E-state index in [0.29, 0.717) is 0 Å². The topological polar surface area (TPSA) is 91.0 Å². The van der Waals surface area contributed by atoms with Crippen LogP contribution in [0.5, 0.6) is 0 Å². The van der Waals surface area contributed by atoms with Crippen LogP contribution in [0.1, 0.15) is 23.2 Å². The molecule has 0 bridgehead atoms. The zero-order valence-electron chi connectivity index (χ0n) is 11.2. The molecule has 0 aromatic carbocycles. The molecule has 7 nitrogen and oxygen atoms in total. The molecular weight excluding hydrogens is 312 g/mol. The quantitative estimate of drug-likeness (QED) is 0.535. The second-order valence-corrected chi connectivity index (χ2v) is 5.79. The van der Waals surface area contributed by atoms with Crippen LogP contribution in [-0.2, 0) is 4.74 Å². The van der Waals surface area contributed by atoms with Crippen molar-refractivity contribution in [2.75, 3.05) is 6.61 Å². The molecule has 0 N–H and O–H groups in total. The summed E-state index contributed by atoms with van der Waals surface area (Å²) >= 11 is 2.75. The number of esters is 1. The number of carbonyl (C=O) groups is 1. The van der Waals surface area contributed by atoms with E-state index < -0.39 is 5.97 Å². The van der Waals surface area contributed by atoms with Gasteiger partial charge in [0.1, 0.15) is 11.4 Å². The van der Waals surface area contributed by atoms with Gasteiger partial charge in [-0.1, -0.05) is 5.10 Å². The second kappa shape index (κ2) is 5.78. The molecule has 0 amide bonds. The third-order valence-corrected chi connectivity index (χ3v) is 4.60. The lowest BCUT2D eigenvalue weighted by Crippen LogP contribution is -2.04. The minimum absolute atomic E-state index is 0.160. The Bertz CT molecular complexity index is 799. The van der Waals surface area contributed by atoms with Crippen LogP contribution in [0.25, 0.3) is 10.2 Å². The maximum Gasteiger partial charge on any atom is 0.396 e. The number of fused-ring (bicyclic) bond motifs is 1. The monoisotopic (exact) mass is 322 g/mol. The Morgan fingerprint density at radius 3 is 3.10 bits per heavy atom. The Hall–Kier alpha value is -2.00. The minimum atomic E-state index is -0.628. The Balaban J connectivity index is 1.87. The van der Waals surface area contributed by atoms with Gasteiger partial charge >= 0.3 is 11.9 Å². The van der Waals surface area contributed by atoms with E-state index in [1.54, 1.807) is 18.3 Å². The molecule has 0 saturated heterocycles. The number of rotatable bonds is 4. The molecule has 3 aromatic rings. The number of carbonyl (C=O) groups excluding carboxylic acids is 1. The van der Waals surface area contributed by atoms with Gasteiger partial charge in [0.2, 0.25) is 0 Å². The van der Waals surface area contributed by atoms with Crippen LogP contribution in [0.15, 0.2) is 26.4 Å². The van der Waals surface area contributed by atoms with Gasteiger partial charge in [0, 0.05) is 0 Å². The Morgan fingerprint density at radius 2 is 2.29 bits per heavy atom. The van der Waals surface area contributed by atoms with Crippen LogP contribution in [-0.4, -0.2) is 32.7 Å². The number of nitrogens with zero attached hydrogens (tertiary/aromatic N) is 4. The average Bonchev–Trinajstić information content (AvgIpc) is 3.08. The van der Waals surface area contributed by atoms with E-state index in [2.05, 4.69) is 20.2 Å². The number of ether oxygens (including phenoxy) is 1. The van der Waals surface area contributed by atoms with E-state index in [-0.39, 0.29) is 17.7 Å². The first-order valence-corrected chi connectivity index (χ1v) is 7.76. The van der Waals surface area contributed by atoms with Gasteiger partial charge < -0.3 is 9.15 Å². The van der Waals surface area contributed by atoms with Gasteiger partial charge in [0.15, 0.2) is 0 Å². The van der Waals surface area contributed by atoms with Gasteiger partial charge in [-0.2, -0.15) is 0 Å². The Labute approximate surface area is 127 Å². The molecule has 3 aromatic heterocycles. The Kier molecular flexibility index (Phi) is 3.84. The molecule has 21 heavy (non-hydrogen) atoms. The summed E-state index contributed by atoms with van der Waals surface area (Å²) in [7, 11) is 0. The number of hydrogen-bond acceptors (Lipinski definition) is 9. The molecule has 0 radical (unpaired) electrons. The first-order valence-electron chi connectivity index (χ1n) is 6.06. The standard InChI is InChI=1S/C12H10N4O3S2/c1-3-18-11(17)9-15-16-12(19-9)21-10-8-7(13-5-14-10)6(2)4-20-8/h4-5H,3H2,1-2H3. The lowest BCUT2D eigenvalue weighted by atomic mass is 10.3. The third kappa shape index (κ3) is 2.74. The lowest BCUT2D eigenvalue weighted by Gasteiger charge is -1.97. The minimum Gasteiger partial charge on any atom is -0.459 e. The number of hydrogen-bond donors (Lipinski definition) is 0. The number of aryl methyl sites for hydroxylation is 1. The summed E-state index contributed by atoms with van der Waals surface area (Å²) in [6, 6.07) is 0. The van der Waals surface area contributed by atoms with Gasteiger partial charge in [-0.15, -0.1) is 16.4 Å². The van der Waals surface area contributed by atoms with Crippen molar-refractivity contribution >= 4 is 39.3 Å². The highest BCUT2D eigenvalue weighted by Gasteiger charge is 2.18. The molecule has 0 atom stereocenters. The maximum atomic E-state index is 11.5. The van der Waals surface area contributed by atoms with Crippen LogP contribution >= 0.6 is 23.1 Å². The summed E-state index contributed by atoms with van der Waals surface area (Å²) in [6.45, 7) is 3.96. The van der Waals surface area contributed by atoms with E-state index in [1.165, 1.54) is 18.1 Å². The largest absolute Gasteiger partial charge is 0.459 e. The van der Waals surface area contributed by atoms with E-state index in [1.807, 2.05) is 12.3 Å². The molecule has 3 heterocycles. The van der Waals surface area contributed by atoms with Gasteiger partial charge in [0.05, 0.1) is 16.8 Å². The van der Waals surface area contributed by atoms with Gasteiger partial charge in [-0.25, -0.2) is 14.8 Å². The SMILES string of the molecule is CCOC(=O)c1nnc(Sc2ncnc3c(C)csc23)o1. The fraction of sp³-hybridized carbons (Fsp3) is 0.250. The fourth-order valence-electron chi connectivity index (χ4n) is 1.63. The Morgan fingerprint density at radius 1 is 1.43 bits per heavy atom. The molecule has 0 aliphatic carbocycles. The highest BCUT2D eigenvalue weighted by molar-refractivity contribution is 7.99. The summed E-state index contributed by atoms with van der Waals surface area (Å²) in [5.74, 6) is -0.788. The second-order valence-electron chi connectivity index (χ2n) is 3.97. The normalized spacial score (nSPS) is 11.0. The molecule has 3 rings (SSSR count). The first-order chi connectivity index (χ1) is 10.2. The molecule has 9 heteroatoms. The van der Waals surface area contributed by atoms with Crippen molar-refractivity contribution in [3.63, 3.8) is 0 Å². The maximum absolute atomic E-state index is 11.5. The predicted molar refractivity (Wildman–Crippen MR) is 76.5 cm³/mol. The van der Waals surface area contributed by atoms with Gasteiger partial charge in [-0.05, 0) is 36.6 Å². The van der Waals surface area contributed by atoms with Crippen molar-refractivity contribution < 1.29 is 13.9 Å². The van der Waals surface area contributed by atoms with Crippen LogP contribution in [0.3, 0.4) is 0 Å². The molecule has 0 aliphatic heterocycles. The molecule has 0 aliphatic rings. The van der Waals surface area contributed by atoms with E-state index in [0.717, 1.165) is 20.8 Å². The van der Waals surface area contributed by atoms with Crippen molar-refractivity contribution in [1.29, 1.82) is 0 Å². The van der Waals surface area contributed by atoms with Crippen molar-refractivity contribution in [2.45, 2.75) is 24.1 Å². The van der Waals surface area contributed by atoms with Crippen molar-refractivity contribution in [3.05, 3.63) is 23.2 Å². The summed E-state index contributed by atoms with van der Waals surface area (Å²) in [6.07, 6.45) is 1.49. The molecular formula is C12H10N4O3S2. The molecule has 0 fully saturated rings. The van der Waals surface area contributed by atoms with E-state index in [9.17, 15) is 4.79 Å². The highest BCUT2D eigenvalue weighted by atomic mass is 32.2. The summed E-state index contributed by atoms with van der Waals surface area (Å²) in [4.78, 5) is 19.9. The molecule has 108 valence electrons. The molecule has 0 unspecified atom stereocenters. The average molecular weight is 322 g/mol. The third-order valence-electron chi connectivity index (χ3n) is 2.54. The zero-order chi connectivity index (χ0) is 14.8. The van der Waals surface area contributed by atoms with Crippen LogP contribution in [0, 0.1) is 6.92 Å². The number of aromatic nitrogens is 4. The number of thiophene rings is 1. The predicted octanol–water partition coefficient (Wildman–Crippen LogP) is 2.71. The van der Waals surface area contributed by atoms with Crippen molar-refractivity contribution in [2.24, 2.45) is 0 Å². The molecule has 0 saturated carbocycles. The summed E-state index contributed by atoms with van der Waals surface area (Å²) in [5.41, 5.74) is 2.00. The highest BCUT2D eigenvalue weighted by Crippen LogP contribution is 2.34. The van der Waals surface area contributed by atoms with Crippen LogP contribution < -0.4 is 0 Å². The fourth-order valence-corrected chi connectivity index (χ4v) is 3.44. The van der Waals surface area contributed by atoms with Gasteiger partial charge in [-0.3, -0.25) is 0 Å².